The Bertz CT molecular complexity index is 64.0. The minimum absolute atomic E-state index is 0. The SMILES string of the molecule is [W+2].[c-]1cccs1. The zero-order valence-corrected chi connectivity index (χ0v) is 6.80. The normalized spacial score (nSPS) is 6.67. The molecule has 0 nitrogen and oxygen atoms in total. The predicted molar refractivity (Wildman–Crippen MR) is 23.2 cm³/mol. The Morgan fingerprint density at radius 3 is 2.50 bits per heavy atom. The van der Waals surface area contributed by atoms with Gasteiger partial charge in [0, 0.05) is 0 Å². The summed E-state index contributed by atoms with van der Waals surface area (Å²) in [6.45, 7) is 0. The molecule has 6 heavy (non-hydrogen) atoms. The van der Waals surface area contributed by atoms with Crippen molar-refractivity contribution in [2.24, 2.45) is 0 Å². The molecule has 0 aliphatic rings. The molecule has 2 heteroatoms. The maximum atomic E-state index is 2.90. The van der Waals surface area contributed by atoms with Gasteiger partial charge < -0.3 is 11.3 Å². The summed E-state index contributed by atoms with van der Waals surface area (Å²) >= 11 is 1.59. The average molecular weight is 267 g/mol. The second-order valence-electron chi connectivity index (χ2n) is 0.731. The Hall–Kier alpha value is 0.388. The first-order chi connectivity index (χ1) is 2.50. The third-order valence-electron chi connectivity index (χ3n) is 0.379. The van der Waals surface area contributed by atoms with E-state index in [0.29, 0.717) is 0 Å². The van der Waals surface area contributed by atoms with Crippen LogP contribution < -0.4 is 0 Å². The molecule has 1 aromatic rings. The molecular formula is C4H3SW+. The first-order valence-corrected chi connectivity index (χ1v) is 2.27. The van der Waals surface area contributed by atoms with Gasteiger partial charge in [-0.2, -0.15) is 11.4 Å². The molecule has 0 radical (unpaired) electrons. The molecule has 1 rings (SSSR count). The van der Waals surface area contributed by atoms with E-state index in [1.54, 1.807) is 11.3 Å². The Morgan fingerprint density at radius 1 is 1.50 bits per heavy atom. The van der Waals surface area contributed by atoms with Gasteiger partial charge >= 0.3 is 21.1 Å². The van der Waals surface area contributed by atoms with E-state index < -0.39 is 0 Å². The summed E-state index contributed by atoms with van der Waals surface area (Å²) in [6.07, 6.45) is 0. The van der Waals surface area contributed by atoms with E-state index in [9.17, 15) is 0 Å². The van der Waals surface area contributed by atoms with E-state index in [4.69, 9.17) is 0 Å². The second-order valence-corrected chi connectivity index (χ2v) is 1.47. The molecule has 0 amide bonds. The molecular weight excluding hydrogens is 264 g/mol. The van der Waals surface area contributed by atoms with Gasteiger partial charge in [-0.3, -0.25) is 0 Å². The van der Waals surface area contributed by atoms with Crippen LogP contribution in [-0.4, -0.2) is 0 Å². The van der Waals surface area contributed by atoms with Crippen LogP contribution in [0.2, 0.25) is 0 Å². The van der Waals surface area contributed by atoms with Crippen molar-refractivity contribution < 1.29 is 21.1 Å². The van der Waals surface area contributed by atoms with E-state index in [-0.39, 0.29) is 21.1 Å². The Balaban J connectivity index is 0.000000250. The fourth-order valence-corrected chi connectivity index (χ4v) is 0.589. The minimum atomic E-state index is 0. The molecule has 0 unspecified atom stereocenters. The van der Waals surface area contributed by atoms with Crippen molar-refractivity contribution in [1.82, 2.24) is 0 Å². The van der Waals surface area contributed by atoms with Gasteiger partial charge in [-0.25, -0.2) is 6.07 Å². The van der Waals surface area contributed by atoms with Gasteiger partial charge in [-0.1, -0.05) is 0 Å². The molecule has 0 bridgehead atoms. The van der Waals surface area contributed by atoms with E-state index in [1.807, 2.05) is 17.5 Å². The van der Waals surface area contributed by atoms with E-state index in [1.165, 1.54) is 0 Å². The third kappa shape index (κ3) is 1.74. The summed E-state index contributed by atoms with van der Waals surface area (Å²) in [7, 11) is 0. The van der Waals surface area contributed by atoms with Crippen molar-refractivity contribution in [3.63, 3.8) is 0 Å². The van der Waals surface area contributed by atoms with Crippen LogP contribution in [-0.2, 0) is 21.1 Å². The van der Waals surface area contributed by atoms with Crippen LogP contribution in [0.3, 0.4) is 0 Å². The fourth-order valence-electron chi connectivity index (χ4n) is 0.196. The van der Waals surface area contributed by atoms with Crippen LogP contribution in [0.1, 0.15) is 0 Å². The summed E-state index contributed by atoms with van der Waals surface area (Å²) < 4.78 is 0. The van der Waals surface area contributed by atoms with Crippen molar-refractivity contribution in [2.75, 3.05) is 0 Å². The Labute approximate surface area is 55.5 Å². The molecule has 0 aliphatic heterocycles. The summed E-state index contributed by atoms with van der Waals surface area (Å²) in [5.41, 5.74) is 0. The van der Waals surface area contributed by atoms with E-state index in [2.05, 4.69) is 5.38 Å². The summed E-state index contributed by atoms with van der Waals surface area (Å²) in [5.74, 6) is 0. The molecule has 0 atom stereocenters. The van der Waals surface area contributed by atoms with Crippen LogP contribution in [0.25, 0.3) is 0 Å². The van der Waals surface area contributed by atoms with E-state index in [0.717, 1.165) is 0 Å². The van der Waals surface area contributed by atoms with Crippen LogP contribution in [0.15, 0.2) is 17.5 Å². The maximum absolute atomic E-state index is 2.90. The van der Waals surface area contributed by atoms with Crippen LogP contribution in [0.4, 0.5) is 0 Å². The molecule has 0 saturated heterocycles. The predicted octanol–water partition coefficient (Wildman–Crippen LogP) is 1.55. The van der Waals surface area contributed by atoms with Gasteiger partial charge in [0.25, 0.3) is 0 Å². The first kappa shape index (κ1) is 6.39. The zero-order valence-electron chi connectivity index (χ0n) is 3.05. The average Bonchev–Trinajstić information content (AvgIpc) is 1.76. The van der Waals surface area contributed by atoms with Gasteiger partial charge in [-0.15, -0.1) is 5.38 Å². The second kappa shape index (κ2) is 3.57. The molecule has 0 saturated carbocycles. The molecule has 1 heterocycles. The first-order valence-electron chi connectivity index (χ1n) is 1.40. The van der Waals surface area contributed by atoms with E-state index >= 15 is 0 Å². The van der Waals surface area contributed by atoms with Crippen molar-refractivity contribution in [3.8, 4) is 0 Å². The van der Waals surface area contributed by atoms with Crippen molar-refractivity contribution in [3.05, 3.63) is 22.9 Å². The Morgan fingerprint density at radius 2 is 2.33 bits per heavy atom. The topological polar surface area (TPSA) is 0 Å². The molecule has 0 N–H and O–H groups in total. The van der Waals surface area contributed by atoms with Crippen LogP contribution >= 0.6 is 11.3 Å². The molecule has 0 spiro atoms. The van der Waals surface area contributed by atoms with Gasteiger partial charge in [-0.05, 0) is 0 Å². The molecule has 0 fully saturated rings. The van der Waals surface area contributed by atoms with Crippen molar-refractivity contribution in [1.29, 1.82) is 0 Å². The quantitative estimate of drug-likeness (QED) is 0.625. The fraction of sp³-hybridized carbons (Fsp3) is 0. The number of rotatable bonds is 0. The molecule has 1 aromatic heterocycles. The van der Waals surface area contributed by atoms with Crippen LogP contribution in [0, 0.1) is 5.38 Å². The van der Waals surface area contributed by atoms with Gasteiger partial charge in [0.05, 0.1) is 0 Å². The van der Waals surface area contributed by atoms with Gasteiger partial charge in [0.1, 0.15) is 0 Å². The number of hydrogen-bond acceptors (Lipinski definition) is 1. The van der Waals surface area contributed by atoms with Crippen LogP contribution in [0.5, 0.6) is 0 Å². The maximum Gasteiger partial charge on any atom is 2.00 e. The number of hydrogen-bond donors (Lipinski definition) is 0. The summed E-state index contributed by atoms with van der Waals surface area (Å²) in [4.78, 5) is 0. The minimum Gasteiger partial charge on any atom is -0.304 e. The zero-order chi connectivity index (χ0) is 3.54. The summed E-state index contributed by atoms with van der Waals surface area (Å²) in [5, 5.41) is 4.89. The molecule has 0 aromatic carbocycles. The smallest absolute Gasteiger partial charge is 0.304 e. The van der Waals surface area contributed by atoms with Gasteiger partial charge in [0.15, 0.2) is 0 Å². The monoisotopic (exact) mass is 267 g/mol. The molecule has 30 valence electrons. The number of thiophene rings is 1. The molecule has 0 aliphatic carbocycles. The standard InChI is InChI=1S/C4H3S.W/c1-2-4-5-3-1;/h1-3H;/q-1;+2. The van der Waals surface area contributed by atoms with Crippen molar-refractivity contribution in [2.45, 2.75) is 0 Å². The largest absolute Gasteiger partial charge is 2.00 e. The Kier molecular flexibility index (Phi) is 3.81. The van der Waals surface area contributed by atoms with Crippen molar-refractivity contribution >= 4 is 11.3 Å². The summed E-state index contributed by atoms with van der Waals surface area (Å²) in [6, 6.07) is 3.86. The third-order valence-corrected chi connectivity index (χ3v) is 0.944. The van der Waals surface area contributed by atoms with Gasteiger partial charge in [0.2, 0.25) is 0 Å².